The predicted octanol–water partition coefficient (Wildman–Crippen LogP) is 4.49. The van der Waals surface area contributed by atoms with Crippen molar-refractivity contribution in [2.24, 2.45) is 0 Å². The Morgan fingerprint density at radius 1 is 1.33 bits per heavy atom. The Hall–Kier alpha value is -2.10. The Kier molecular flexibility index (Phi) is 4.78. The van der Waals surface area contributed by atoms with Crippen LogP contribution < -0.4 is 5.32 Å². The van der Waals surface area contributed by atoms with Gasteiger partial charge in [0.25, 0.3) is 5.69 Å². The minimum atomic E-state index is -0.438. The van der Waals surface area contributed by atoms with E-state index < -0.39 is 4.92 Å². The minimum Gasteiger partial charge on any atom is -0.381 e. The van der Waals surface area contributed by atoms with E-state index in [1.54, 1.807) is 30.3 Å². The first kappa shape index (κ1) is 15.3. The molecule has 106 valence electrons. The van der Waals surface area contributed by atoms with Crippen molar-refractivity contribution in [3.8, 4) is 6.07 Å². The van der Waals surface area contributed by atoms with Gasteiger partial charge in [0.15, 0.2) is 0 Å². The molecule has 2 rings (SSSR count). The van der Waals surface area contributed by atoms with Crippen LogP contribution in [0.5, 0.6) is 0 Å². The van der Waals surface area contributed by atoms with E-state index in [4.69, 9.17) is 16.9 Å². The van der Waals surface area contributed by atoms with Crippen molar-refractivity contribution >= 4 is 38.9 Å². The summed E-state index contributed by atoms with van der Waals surface area (Å²) < 4.78 is 0.442. The molecule has 0 saturated heterocycles. The molecule has 0 spiro atoms. The van der Waals surface area contributed by atoms with Crippen LogP contribution in [0.1, 0.15) is 11.1 Å². The van der Waals surface area contributed by atoms with Gasteiger partial charge in [0.05, 0.1) is 20.0 Å². The second-order valence-corrected chi connectivity index (χ2v) is 5.46. The summed E-state index contributed by atoms with van der Waals surface area (Å²) in [5.41, 5.74) is 1.93. The molecule has 0 amide bonds. The molecule has 0 unspecified atom stereocenters. The molecule has 0 aliphatic rings. The molecule has 1 N–H and O–H groups in total. The van der Waals surface area contributed by atoms with Crippen LogP contribution in [0.4, 0.5) is 11.4 Å². The fraction of sp³-hybridized carbons (Fsp3) is 0.0714. The molecule has 0 aliphatic heterocycles. The van der Waals surface area contributed by atoms with E-state index in [2.05, 4.69) is 21.2 Å². The fourth-order valence-electron chi connectivity index (χ4n) is 1.73. The summed E-state index contributed by atoms with van der Waals surface area (Å²) in [6.07, 6.45) is 0. The number of hydrogen-bond acceptors (Lipinski definition) is 4. The number of nitrogens with one attached hydrogen (secondary N) is 1. The molecule has 0 aromatic heterocycles. The number of anilines is 1. The highest BCUT2D eigenvalue weighted by molar-refractivity contribution is 9.10. The Morgan fingerprint density at radius 2 is 2.10 bits per heavy atom. The average molecular weight is 367 g/mol. The molecular weight excluding hydrogens is 358 g/mol. The highest BCUT2D eigenvalue weighted by atomic mass is 79.9. The molecule has 0 aliphatic carbocycles. The van der Waals surface area contributed by atoms with Crippen LogP contribution >= 0.6 is 27.5 Å². The smallest absolute Gasteiger partial charge is 0.283 e. The number of benzene rings is 2. The number of halogens is 2. The van der Waals surface area contributed by atoms with Crippen molar-refractivity contribution in [2.45, 2.75) is 6.54 Å². The maximum absolute atomic E-state index is 10.9. The van der Waals surface area contributed by atoms with Gasteiger partial charge >= 0.3 is 0 Å². The highest BCUT2D eigenvalue weighted by Crippen LogP contribution is 2.26. The van der Waals surface area contributed by atoms with Crippen LogP contribution in [-0.4, -0.2) is 4.92 Å². The summed E-state index contributed by atoms with van der Waals surface area (Å²) in [6.45, 7) is 0.413. The number of nitro benzene ring substituents is 1. The zero-order chi connectivity index (χ0) is 15.4. The lowest BCUT2D eigenvalue weighted by molar-refractivity contribution is -0.385. The first-order valence-electron chi connectivity index (χ1n) is 5.87. The van der Waals surface area contributed by atoms with Gasteiger partial charge in [-0.3, -0.25) is 10.1 Å². The van der Waals surface area contributed by atoms with E-state index in [0.717, 1.165) is 11.3 Å². The van der Waals surface area contributed by atoms with Crippen LogP contribution in [0.25, 0.3) is 0 Å². The van der Waals surface area contributed by atoms with Gasteiger partial charge in [0, 0.05) is 18.3 Å². The average Bonchev–Trinajstić information content (AvgIpc) is 2.46. The van der Waals surface area contributed by atoms with Gasteiger partial charge in [0.1, 0.15) is 6.07 Å². The third-order valence-corrected chi connectivity index (χ3v) is 3.78. The molecule has 0 atom stereocenters. The molecule has 0 saturated carbocycles. The molecule has 2 aromatic rings. The van der Waals surface area contributed by atoms with Crippen LogP contribution in [0.2, 0.25) is 5.02 Å². The van der Waals surface area contributed by atoms with Gasteiger partial charge in [-0.1, -0.05) is 17.7 Å². The largest absolute Gasteiger partial charge is 0.381 e. The van der Waals surface area contributed by atoms with Gasteiger partial charge in [-0.05, 0) is 45.8 Å². The lowest BCUT2D eigenvalue weighted by Gasteiger charge is -2.08. The summed E-state index contributed by atoms with van der Waals surface area (Å²) in [5.74, 6) is 0. The lowest BCUT2D eigenvalue weighted by atomic mass is 10.2. The Labute approximate surface area is 134 Å². The number of nitriles is 1. The maximum Gasteiger partial charge on any atom is 0.283 e. The van der Waals surface area contributed by atoms with Gasteiger partial charge in [0.2, 0.25) is 0 Å². The van der Waals surface area contributed by atoms with Crippen LogP contribution in [-0.2, 0) is 6.54 Å². The van der Waals surface area contributed by atoms with Gasteiger partial charge in [-0.25, -0.2) is 0 Å². The quantitative estimate of drug-likeness (QED) is 0.638. The SMILES string of the molecule is N#Cc1ccc(NCc2ccc(Br)c([N+](=O)[O-])c2)cc1Cl. The highest BCUT2D eigenvalue weighted by Gasteiger charge is 2.12. The summed E-state index contributed by atoms with van der Waals surface area (Å²) in [7, 11) is 0. The number of hydrogen-bond donors (Lipinski definition) is 1. The van der Waals surface area contributed by atoms with Crippen molar-refractivity contribution in [3.05, 3.63) is 67.1 Å². The molecular formula is C14H9BrClN3O2. The van der Waals surface area contributed by atoms with Gasteiger partial charge in [-0.15, -0.1) is 0 Å². The molecule has 7 heteroatoms. The number of nitro groups is 1. The van der Waals surface area contributed by atoms with E-state index in [9.17, 15) is 10.1 Å². The summed E-state index contributed by atoms with van der Waals surface area (Å²) in [4.78, 5) is 10.4. The van der Waals surface area contributed by atoms with Gasteiger partial charge < -0.3 is 5.32 Å². The molecule has 2 aromatic carbocycles. The fourth-order valence-corrected chi connectivity index (χ4v) is 2.34. The standard InChI is InChI=1S/C14H9BrClN3O2/c15-12-4-1-9(5-14(12)19(20)21)8-18-11-3-2-10(7-17)13(16)6-11/h1-6,18H,8H2. The summed E-state index contributed by atoms with van der Waals surface area (Å²) in [5, 5.41) is 23.1. The molecule has 0 radical (unpaired) electrons. The topological polar surface area (TPSA) is 79.0 Å². The van der Waals surface area contributed by atoms with E-state index in [1.165, 1.54) is 6.07 Å². The lowest BCUT2D eigenvalue weighted by Crippen LogP contribution is -2.00. The minimum absolute atomic E-state index is 0.0205. The van der Waals surface area contributed by atoms with E-state index >= 15 is 0 Å². The number of nitrogens with zero attached hydrogens (tertiary/aromatic N) is 2. The van der Waals surface area contributed by atoms with Crippen molar-refractivity contribution in [1.82, 2.24) is 0 Å². The third-order valence-electron chi connectivity index (χ3n) is 2.79. The Morgan fingerprint density at radius 3 is 2.71 bits per heavy atom. The molecule has 5 nitrogen and oxygen atoms in total. The Balaban J connectivity index is 2.13. The Bertz CT molecular complexity index is 743. The normalized spacial score (nSPS) is 9.95. The predicted molar refractivity (Wildman–Crippen MR) is 84.3 cm³/mol. The zero-order valence-corrected chi connectivity index (χ0v) is 13.0. The molecule has 0 heterocycles. The van der Waals surface area contributed by atoms with Crippen LogP contribution in [0, 0.1) is 21.4 Å². The monoisotopic (exact) mass is 365 g/mol. The van der Waals surface area contributed by atoms with Crippen molar-refractivity contribution < 1.29 is 4.92 Å². The van der Waals surface area contributed by atoms with Crippen LogP contribution in [0.15, 0.2) is 40.9 Å². The molecule has 21 heavy (non-hydrogen) atoms. The van der Waals surface area contributed by atoms with Gasteiger partial charge in [-0.2, -0.15) is 5.26 Å². The number of rotatable bonds is 4. The third kappa shape index (κ3) is 3.72. The second kappa shape index (κ2) is 6.57. The summed E-state index contributed by atoms with van der Waals surface area (Å²) >= 11 is 9.08. The van der Waals surface area contributed by atoms with Crippen molar-refractivity contribution in [1.29, 1.82) is 5.26 Å². The first-order chi connectivity index (χ1) is 10.0. The maximum atomic E-state index is 10.9. The van der Waals surface area contributed by atoms with Crippen molar-refractivity contribution in [2.75, 3.05) is 5.32 Å². The van der Waals surface area contributed by atoms with E-state index in [-0.39, 0.29) is 5.69 Å². The summed E-state index contributed by atoms with van der Waals surface area (Å²) in [6, 6.07) is 11.9. The molecule has 0 fully saturated rings. The van der Waals surface area contributed by atoms with E-state index in [0.29, 0.717) is 21.6 Å². The van der Waals surface area contributed by atoms with E-state index in [1.807, 2.05) is 6.07 Å². The first-order valence-corrected chi connectivity index (χ1v) is 7.04. The molecule has 0 bridgehead atoms. The van der Waals surface area contributed by atoms with Crippen LogP contribution in [0.3, 0.4) is 0 Å². The zero-order valence-electron chi connectivity index (χ0n) is 10.6. The second-order valence-electron chi connectivity index (χ2n) is 4.20. The van der Waals surface area contributed by atoms with Crippen molar-refractivity contribution in [3.63, 3.8) is 0 Å².